The second kappa shape index (κ2) is 4.55. The van der Waals surface area contributed by atoms with Gasteiger partial charge in [0.1, 0.15) is 10.8 Å². The van der Waals surface area contributed by atoms with E-state index in [0.717, 1.165) is 16.1 Å². The van der Waals surface area contributed by atoms with Crippen molar-refractivity contribution in [3.63, 3.8) is 0 Å². The van der Waals surface area contributed by atoms with Crippen molar-refractivity contribution in [3.8, 4) is 10.6 Å². The number of nitrogens with two attached hydrogens (primary N) is 1. The van der Waals surface area contributed by atoms with Crippen LogP contribution >= 0.6 is 11.3 Å². The van der Waals surface area contributed by atoms with Gasteiger partial charge in [-0.3, -0.25) is 0 Å². The molecule has 4 heteroatoms. The van der Waals surface area contributed by atoms with Crippen LogP contribution in [0.3, 0.4) is 0 Å². The first kappa shape index (κ1) is 12.2. The topological polar surface area (TPSA) is 38.9 Å². The smallest absolute Gasteiger partial charge is 0.133 e. The molecule has 0 aliphatic heterocycles. The lowest BCUT2D eigenvalue weighted by Gasteiger charge is -2.01. The average Bonchev–Trinajstić information content (AvgIpc) is 2.60. The van der Waals surface area contributed by atoms with Crippen molar-refractivity contribution in [2.75, 3.05) is 0 Å². The standard InChI is InChI=1S/C13H15FN2S/c1-7-4-5-10(11(14)6-7)13-16-9(3)12(17-13)8(2)15/h4-6,8H,15H2,1-3H3. The van der Waals surface area contributed by atoms with Crippen molar-refractivity contribution >= 4 is 11.3 Å². The van der Waals surface area contributed by atoms with Crippen molar-refractivity contribution in [1.29, 1.82) is 0 Å². The maximum Gasteiger partial charge on any atom is 0.133 e. The summed E-state index contributed by atoms with van der Waals surface area (Å²) in [6.45, 7) is 5.69. The largest absolute Gasteiger partial charge is 0.323 e. The van der Waals surface area contributed by atoms with Crippen LogP contribution in [0.25, 0.3) is 10.6 Å². The Bertz CT molecular complexity index is 546. The molecule has 17 heavy (non-hydrogen) atoms. The van der Waals surface area contributed by atoms with Crippen LogP contribution in [0.1, 0.15) is 29.1 Å². The van der Waals surface area contributed by atoms with Gasteiger partial charge in [-0.2, -0.15) is 0 Å². The molecule has 0 aliphatic carbocycles. The Morgan fingerprint density at radius 1 is 1.35 bits per heavy atom. The van der Waals surface area contributed by atoms with E-state index < -0.39 is 0 Å². The van der Waals surface area contributed by atoms with E-state index in [9.17, 15) is 4.39 Å². The first-order valence-corrected chi connectivity index (χ1v) is 6.30. The van der Waals surface area contributed by atoms with Crippen molar-refractivity contribution in [3.05, 3.63) is 40.2 Å². The number of aryl methyl sites for hydroxylation is 2. The summed E-state index contributed by atoms with van der Waals surface area (Å²) in [5.74, 6) is -0.227. The summed E-state index contributed by atoms with van der Waals surface area (Å²) < 4.78 is 13.8. The second-order valence-electron chi connectivity index (χ2n) is 4.24. The monoisotopic (exact) mass is 250 g/mol. The van der Waals surface area contributed by atoms with E-state index in [-0.39, 0.29) is 11.9 Å². The number of nitrogens with zero attached hydrogens (tertiary/aromatic N) is 1. The molecule has 90 valence electrons. The van der Waals surface area contributed by atoms with Gasteiger partial charge in [0.15, 0.2) is 0 Å². The van der Waals surface area contributed by atoms with E-state index in [2.05, 4.69) is 4.98 Å². The van der Waals surface area contributed by atoms with Crippen LogP contribution in [0.4, 0.5) is 4.39 Å². The maximum absolute atomic E-state index is 13.8. The maximum atomic E-state index is 13.8. The fourth-order valence-electron chi connectivity index (χ4n) is 1.74. The predicted molar refractivity (Wildman–Crippen MR) is 69.6 cm³/mol. The molecule has 2 aromatic rings. The molecule has 0 fully saturated rings. The highest BCUT2D eigenvalue weighted by atomic mass is 32.1. The Morgan fingerprint density at radius 3 is 2.59 bits per heavy atom. The number of rotatable bonds is 2. The summed E-state index contributed by atoms with van der Waals surface area (Å²) in [4.78, 5) is 5.41. The molecule has 1 unspecified atom stereocenters. The molecule has 0 saturated carbocycles. The fourth-order valence-corrected chi connectivity index (χ4v) is 2.79. The summed E-state index contributed by atoms with van der Waals surface area (Å²) in [6.07, 6.45) is 0. The van der Waals surface area contributed by atoms with E-state index in [4.69, 9.17) is 5.73 Å². The molecule has 0 saturated heterocycles. The third-order valence-electron chi connectivity index (χ3n) is 2.60. The number of thiazole rings is 1. The summed E-state index contributed by atoms with van der Waals surface area (Å²) >= 11 is 1.46. The van der Waals surface area contributed by atoms with Gasteiger partial charge < -0.3 is 5.73 Å². The summed E-state index contributed by atoms with van der Waals surface area (Å²) in [5.41, 5.74) is 8.19. The Labute approximate surface area is 104 Å². The van der Waals surface area contributed by atoms with Crippen molar-refractivity contribution in [1.82, 2.24) is 4.98 Å². The van der Waals surface area contributed by atoms with Crippen molar-refractivity contribution in [2.24, 2.45) is 5.73 Å². The zero-order valence-electron chi connectivity index (χ0n) is 10.1. The molecular weight excluding hydrogens is 235 g/mol. The van der Waals surface area contributed by atoms with Gasteiger partial charge in [0.25, 0.3) is 0 Å². The van der Waals surface area contributed by atoms with E-state index in [0.29, 0.717) is 10.6 Å². The fraction of sp³-hybridized carbons (Fsp3) is 0.308. The zero-order chi connectivity index (χ0) is 12.6. The first-order chi connectivity index (χ1) is 7.99. The number of hydrogen-bond donors (Lipinski definition) is 1. The number of halogens is 1. The van der Waals surface area contributed by atoms with Crippen LogP contribution in [-0.4, -0.2) is 4.98 Å². The quantitative estimate of drug-likeness (QED) is 0.884. The summed E-state index contributed by atoms with van der Waals surface area (Å²) in [5, 5.41) is 0.701. The summed E-state index contributed by atoms with van der Waals surface area (Å²) in [7, 11) is 0. The van der Waals surface area contributed by atoms with Crippen LogP contribution in [0, 0.1) is 19.7 Å². The van der Waals surface area contributed by atoms with E-state index in [1.54, 1.807) is 6.07 Å². The second-order valence-corrected chi connectivity index (χ2v) is 5.27. The highest BCUT2D eigenvalue weighted by Crippen LogP contribution is 2.32. The number of benzene rings is 1. The molecule has 0 amide bonds. The minimum atomic E-state index is -0.227. The van der Waals surface area contributed by atoms with Gasteiger partial charge in [0, 0.05) is 16.5 Å². The number of aromatic nitrogens is 1. The highest BCUT2D eigenvalue weighted by Gasteiger charge is 2.14. The highest BCUT2D eigenvalue weighted by molar-refractivity contribution is 7.15. The van der Waals surface area contributed by atoms with Crippen LogP contribution in [-0.2, 0) is 0 Å². The molecule has 0 aliphatic rings. The molecule has 2 nitrogen and oxygen atoms in total. The molecule has 0 radical (unpaired) electrons. The van der Waals surface area contributed by atoms with Crippen LogP contribution in [0.5, 0.6) is 0 Å². The van der Waals surface area contributed by atoms with Gasteiger partial charge >= 0.3 is 0 Å². The molecule has 1 heterocycles. The van der Waals surface area contributed by atoms with E-state index in [1.165, 1.54) is 17.4 Å². The lowest BCUT2D eigenvalue weighted by atomic mass is 10.1. The molecular formula is C13H15FN2S. The third kappa shape index (κ3) is 2.37. The number of hydrogen-bond acceptors (Lipinski definition) is 3. The lowest BCUT2D eigenvalue weighted by Crippen LogP contribution is -2.03. The zero-order valence-corrected chi connectivity index (χ0v) is 10.9. The van der Waals surface area contributed by atoms with Gasteiger partial charge in [-0.1, -0.05) is 6.07 Å². The minimum absolute atomic E-state index is 0.0604. The Kier molecular flexibility index (Phi) is 3.26. The molecule has 2 N–H and O–H groups in total. The summed E-state index contributed by atoms with van der Waals surface area (Å²) in [6, 6.07) is 5.13. The van der Waals surface area contributed by atoms with Gasteiger partial charge in [-0.05, 0) is 38.5 Å². The first-order valence-electron chi connectivity index (χ1n) is 5.48. The van der Waals surface area contributed by atoms with Crippen LogP contribution in [0.2, 0.25) is 0 Å². The Morgan fingerprint density at radius 2 is 2.06 bits per heavy atom. The molecule has 2 rings (SSSR count). The molecule has 1 aromatic heterocycles. The average molecular weight is 250 g/mol. The molecule has 1 atom stereocenters. The van der Waals surface area contributed by atoms with Crippen LogP contribution in [0.15, 0.2) is 18.2 Å². The van der Waals surface area contributed by atoms with Gasteiger partial charge in [-0.25, -0.2) is 9.37 Å². The van der Waals surface area contributed by atoms with E-state index >= 15 is 0 Å². The molecule has 1 aromatic carbocycles. The normalized spacial score (nSPS) is 12.8. The van der Waals surface area contributed by atoms with E-state index in [1.807, 2.05) is 26.8 Å². The minimum Gasteiger partial charge on any atom is -0.323 e. The van der Waals surface area contributed by atoms with Crippen molar-refractivity contribution < 1.29 is 4.39 Å². The van der Waals surface area contributed by atoms with Gasteiger partial charge in [-0.15, -0.1) is 11.3 Å². The van der Waals surface area contributed by atoms with Gasteiger partial charge in [0.05, 0.1) is 5.69 Å². The lowest BCUT2D eigenvalue weighted by molar-refractivity contribution is 0.630. The SMILES string of the molecule is Cc1ccc(-c2nc(C)c(C(C)N)s2)c(F)c1. The molecule has 0 spiro atoms. The molecule has 0 bridgehead atoms. The van der Waals surface area contributed by atoms with Crippen LogP contribution < -0.4 is 5.73 Å². The Balaban J connectivity index is 2.50. The van der Waals surface area contributed by atoms with Gasteiger partial charge in [0.2, 0.25) is 0 Å². The Hall–Kier alpha value is -1.26. The van der Waals surface area contributed by atoms with Crippen molar-refractivity contribution in [2.45, 2.75) is 26.8 Å². The predicted octanol–water partition coefficient (Wildman–Crippen LogP) is 3.59. The third-order valence-corrected chi connectivity index (χ3v) is 3.99.